The summed E-state index contributed by atoms with van der Waals surface area (Å²) in [7, 11) is 0. The van der Waals surface area contributed by atoms with Gasteiger partial charge in [-0.05, 0) is 25.0 Å². The fraction of sp³-hybridized carbons (Fsp3) is 0.500. The topological polar surface area (TPSA) is 78.6 Å². The first kappa shape index (κ1) is 16.4. The van der Waals surface area contributed by atoms with Crippen LogP contribution in [0.2, 0.25) is 10.0 Å². The Morgan fingerprint density at radius 1 is 1.38 bits per heavy atom. The zero-order valence-electron chi connectivity index (χ0n) is 11.6. The van der Waals surface area contributed by atoms with Gasteiger partial charge in [0.2, 0.25) is 5.91 Å². The Morgan fingerprint density at radius 2 is 2.05 bits per heavy atom. The highest BCUT2D eigenvalue weighted by Crippen LogP contribution is 2.32. The van der Waals surface area contributed by atoms with E-state index < -0.39 is 0 Å². The molecule has 116 valence electrons. The molecule has 0 saturated carbocycles. The standard InChI is InChI=1S/C14H19Cl2N3O2/c15-9-7-11(16)14(12(17)8-9)18-13(21)3-6-19-4-1-10(20)2-5-19/h7-8,10,20H,1-6,17H2,(H,18,21). The molecule has 0 spiro atoms. The number of likely N-dealkylation sites (tertiary alicyclic amines) is 1. The lowest BCUT2D eigenvalue weighted by Gasteiger charge is -2.29. The maximum Gasteiger partial charge on any atom is 0.225 e. The third kappa shape index (κ3) is 4.74. The van der Waals surface area contributed by atoms with Crippen molar-refractivity contribution < 1.29 is 9.90 Å². The van der Waals surface area contributed by atoms with E-state index in [1.165, 1.54) is 0 Å². The highest BCUT2D eigenvalue weighted by atomic mass is 35.5. The van der Waals surface area contributed by atoms with E-state index in [4.69, 9.17) is 28.9 Å². The number of benzene rings is 1. The van der Waals surface area contributed by atoms with Crippen LogP contribution in [0.1, 0.15) is 19.3 Å². The Hall–Kier alpha value is -1.01. The minimum Gasteiger partial charge on any atom is -0.397 e. The van der Waals surface area contributed by atoms with Crippen molar-refractivity contribution in [3.63, 3.8) is 0 Å². The number of hydrogen-bond acceptors (Lipinski definition) is 4. The molecule has 0 radical (unpaired) electrons. The van der Waals surface area contributed by atoms with Crippen LogP contribution in [-0.4, -0.2) is 41.7 Å². The normalized spacial score (nSPS) is 16.9. The number of carbonyl (C=O) groups excluding carboxylic acids is 1. The number of anilines is 2. The molecule has 21 heavy (non-hydrogen) atoms. The van der Waals surface area contributed by atoms with Crippen LogP contribution >= 0.6 is 23.2 Å². The van der Waals surface area contributed by atoms with E-state index in [1.807, 2.05) is 0 Å². The summed E-state index contributed by atoms with van der Waals surface area (Å²) in [5, 5.41) is 12.9. The number of hydrogen-bond donors (Lipinski definition) is 3. The second-order valence-corrected chi connectivity index (χ2v) is 6.07. The number of amides is 1. The van der Waals surface area contributed by atoms with Gasteiger partial charge in [0.1, 0.15) is 0 Å². The van der Waals surface area contributed by atoms with Gasteiger partial charge in [-0.2, -0.15) is 0 Å². The Balaban J connectivity index is 1.85. The summed E-state index contributed by atoms with van der Waals surface area (Å²) in [5.74, 6) is -0.142. The largest absolute Gasteiger partial charge is 0.397 e. The molecule has 1 aliphatic heterocycles. The van der Waals surface area contributed by atoms with Crippen molar-refractivity contribution in [3.8, 4) is 0 Å². The van der Waals surface area contributed by atoms with Gasteiger partial charge in [0.25, 0.3) is 0 Å². The van der Waals surface area contributed by atoms with Gasteiger partial charge in [0.15, 0.2) is 0 Å². The first-order valence-electron chi connectivity index (χ1n) is 6.90. The van der Waals surface area contributed by atoms with Gasteiger partial charge >= 0.3 is 0 Å². The number of nitrogens with two attached hydrogens (primary N) is 1. The Labute approximate surface area is 134 Å². The van der Waals surface area contributed by atoms with Crippen LogP contribution in [0.4, 0.5) is 11.4 Å². The summed E-state index contributed by atoms with van der Waals surface area (Å²) in [6.45, 7) is 2.29. The summed E-state index contributed by atoms with van der Waals surface area (Å²) in [5.41, 5.74) is 6.55. The van der Waals surface area contributed by atoms with Crippen LogP contribution in [0, 0.1) is 0 Å². The van der Waals surface area contributed by atoms with Crippen molar-refractivity contribution in [3.05, 3.63) is 22.2 Å². The maximum atomic E-state index is 12.0. The lowest BCUT2D eigenvalue weighted by Crippen LogP contribution is -2.37. The second-order valence-electron chi connectivity index (χ2n) is 5.22. The molecule has 1 fully saturated rings. The van der Waals surface area contributed by atoms with E-state index in [0.717, 1.165) is 25.9 Å². The summed E-state index contributed by atoms with van der Waals surface area (Å²) >= 11 is 11.9. The second kappa shape index (κ2) is 7.31. The number of nitrogens with one attached hydrogen (secondary N) is 1. The monoisotopic (exact) mass is 331 g/mol. The van der Waals surface area contributed by atoms with Crippen molar-refractivity contribution in [1.29, 1.82) is 0 Å². The van der Waals surface area contributed by atoms with Crippen LogP contribution in [0.15, 0.2) is 12.1 Å². The maximum absolute atomic E-state index is 12.0. The number of piperidine rings is 1. The molecule has 0 aliphatic carbocycles. The van der Waals surface area contributed by atoms with Gasteiger partial charge in [-0.15, -0.1) is 0 Å². The average Bonchev–Trinajstić information content (AvgIpc) is 2.42. The number of carbonyl (C=O) groups is 1. The highest BCUT2D eigenvalue weighted by Gasteiger charge is 2.18. The molecule has 4 N–H and O–H groups in total. The number of aliphatic hydroxyl groups is 1. The molecule has 0 atom stereocenters. The first-order valence-corrected chi connectivity index (χ1v) is 7.66. The van der Waals surface area contributed by atoms with Crippen molar-refractivity contribution in [1.82, 2.24) is 4.90 Å². The highest BCUT2D eigenvalue weighted by molar-refractivity contribution is 6.37. The molecule has 1 aliphatic rings. The van der Waals surface area contributed by atoms with Crippen molar-refractivity contribution in [2.24, 2.45) is 0 Å². The van der Waals surface area contributed by atoms with Crippen molar-refractivity contribution >= 4 is 40.5 Å². The van der Waals surface area contributed by atoms with Gasteiger partial charge in [-0.3, -0.25) is 4.79 Å². The van der Waals surface area contributed by atoms with Crippen LogP contribution in [0.25, 0.3) is 0 Å². The number of nitrogens with zero attached hydrogens (tertiary/aromatic N) is 1. The Bertz CT molecular complexity index is 494. The molecule has 1 aromatic rings. The summed E-state index contributed by atoms with van der Waals surface area (Å²) in [6.07, 6.45) is 1.67. The van der Waals surface area contributed by atoms with Gasteiger partial charge in [0.05, 0.1) is 22.5 Å². The summed E-state index contributed by atoms with van der Waals surface area (Å²) in [4.78, 5) is 14.1. The minimum absolute atomic E-state index is 0.142. The first-order chi connectivity index (χ1) is 9.95. The van der Waals surface area contributed by atoms with E-state index in [0.29, 0.717) is 34.4 Å². The predicted octanol–water partition coefficient (Wildman–Crippen LogP) is 2.36. The van der Waals surface area contributed by atoms with Gasteiger partial charge in [-0.1, -0.05) is 23.2 Å². The van der Waals surface area contributed by atoms with Gasteiger partial charge in [0, 0.05) is 31.1 Å². The van der Waals surface area contributed by atoms with Crippen molar-refractivity contribution in [2.75, 3.05) is 30.7 Å². The minimum atomic E-state index is -0.206. The van der Waals surface area contributed by atoms with Crippen LogP contribution in [0.5, 0.6) is 0 Å². The molecule has 0 bridgehead atoms. The number of nitrogen functional groups attached to an aromatic ring is 1. The van der Waals surface area contributed by atoms with Crippen LogP contribution in [-0.2, 0) is 4.79 Å². The SMILES string of the molecule is Nc1cc(Cl)cc(Cl)c1NC(=O)CCN1CCC(O)CC1. The van der Waals surface area contributed by atoms with E-state index in [-0.39, 0.29) is 12.0 Å². The Kier molecular flexibility index (Phi) is 5.70. The smallest absolute Gasteiger partial charge is 0.225 e. The van der Waals surface area contributed by atoms with Gasteiger partial charge < -0.3 is 21.1 Å². The van der Waals surface area contributed by atoms with Gasteiger partial charge in [-0.25, -0.2) is 0 Å². The number of halogens is 2. The number of rotatable bonds is 4. The fourth-order valence-corrected chi connectivity index (χ4v) is 2.89. The molecule has 1 heterocycles. The lowest BCUT2D eigenvalue weighted by molar-refractivity contribution is -0.116. The van der Waals surface area contributed by atoms with Crippen LogP contribution in [0.3, 0.4) is 0 Å². The van der Waals surface area contributed by atoms with E-state index >= 15 is 0 Å². The molecule has 1 aromatic carbocycles. The lowest BCUT2D eigenvalue weighted by atomic mass is 10.1. The molecular formula is C14H19Cl2N3O2. The molecule has 2 rings (SSSR count). The third-order valence-corrected chi connectivity index (χ3v) is 4.08. The molecule has 1 amide bonds. The zero-order valence-corrected chi connectivity index (χ0v) is 13.1. The van der Waals surface area contributed by atoms with E-state index in [9.17, 15) is 9.90 Å². The summed E-state index contributed by atoms with van der Waals surface area (Å²) < 4.78 is 0. The number of aliphatic hydroxyl groups excluding tert-OH is 1. The molecular weight excluding hydrogens is 313 g/mol. The quantitative estimate of drug-likeness (QED) is 0.740. The average molecular weight is 332 g/mol. The molecule has 5 nitrogen and oxygen atoms in total. The summed E-state index contributed by atoms with van der Waals surface area (Å²) in [6, 6.07) is 3.09. The third-order valence-electron chi connectivity index (χ3n) is 3.56. The predicted molar refractivity (Wildman–Crippen MR) is 85.8 cm³/mol. The van der Waals surface area contributed by atoms with E-state index in [2.05, 4.69) is 10.2 Å². The molecule has 7 heteroatoms. The van der Waals surface area contributed by atoms with E-state index in [1.54, 1.807) is 12.1 Å². The molecule has 0 aromatic heterocycles. The van der Waals surface area contributed by atoms with Crippen LogP contribution < -0.4 is 11.1 Å². The zero-order chi connectivity index (χ0) is 15.4. The molecule has 1 saturated heterocycles. The van der Waals surface area contributed by atoms with Crippen molar-refractivity contribution in [2.45, 2.75) is 25.4 Å². The molecule has 0 unspecified atom stereocenters. The fourth-order valence-electron chi connectivity index (χ4n) is 2.33. The Morgan fingerprint density at radius 3 is 2.67 bits per heavy atom.